The van der Waals surface area contributed by atoms with Gasteiger partial charge in [0.1, 0.15) is 5.69 Å². The van der Waals surface area contributed by atoms with Gasteiger partial charge in [-0.3, -0.25) is 14.9 Å². The Hall–Kier alpha value is -1.75. The predicted octanol–water partition coefficient (Wildman–Crippen LogP) is 3.65. The summed E-state index contributed by atoms with van der Waals surface area (Å²) < 4.78 is 5.34. The first-order valence-corrected chi connectivity index (χ1v) is 11.7. The Morgan fingerprint density at radius 2 is 1.88 bits per heavy atom. The van der Waals surface area contributed by atoms with Gasteiger partial charge in [-0.05, 0) is 50.9 Å². The number of aliphatic imine (C=N–C) groups is 1. The Morgan fingerprint density at radius 3 is 2.59 bits per heavy atom. The quantitative estimate of drug-likeness (QED) is 0.307. The van der Waals surface area contributed by atoms with E-state index in [1.54, 1.807) is 6.20 Å². The Kier molecular flexibility index (Phi) is 9.70. The number of hydrogen-bond donors (Lipinski definition) is 2. The SMILES string of the molecule is CN=C(NCCc1noc(-c2ccccn2)n1)NCC1(N2CCCCC2)CCCCC1.I. The van der Waals surface area contributed by atoms with Crippen LogP contribution in [-0.2, 0) is 6.42 Å². The van der Waals surface area contributed by atoms with Gasteiger partial charge >= 0.3 is 0 Å². The van der Waals surface area contributed by atoms with Gasteiger partial charge < -0.3 is 15.2 Å². The molecule has 2 aromatic heterocycles. The molecule has 0 amide bonds. The van der Waals surface area contributed by atoms with Crippen LogP contribution in [0.15, 0.2) is 33.9 Å². The Labute approximate surface area is 208 Å². The van der Waals surface area contributed by atoms with Crippen molar-refractivity contribution in [3.8, 4) is 11.6 Å². The Morgan fingerprint density at radius 1 is 1.09 bits per heavy atom. The summed E-state index contributed by atoms with van der Waals surface area (Å²) in [5, 5.41) is 11.1. The van der Waals surface area contributed by atoms with E-state index in [2.05, 4.69) is 35.7 Å². The third-order valence-electron chi connectivity index (χ3n) is 6.61. The van der Waals surface area contributed by atoms with Crippen molar-refractivity contribution in [2.24, 2.45) is 4.99 Å². The van der Waals surface area contributed by atoms with Crippen LogP contribution in [0.25, 0.3) is 11.6 Å². The number of nitrogens with one attached hydrogen (secondary N) is 2. The average Bonchev–Trinajstić information content (AvgIpc) is 3.32. The van der Waals surface area contributed by atoms with Crippen molar-refractivity contribution in [1.82, 2.24) is 30.7 Å². The lowest BCUT2D eigenvalue weighted by molar-refractivity contribution is 0.0368. The van der Waals surface area contributed by atoms with Crippen LogP contribution in [0.5, 0.6) is 0 Å². The van der Waals surface area contributed by atoms with Crippen LogP contribution in [-0.4, -0.2) is 64.7 Å². The predicted molar refractivity (Wildman–Crippen MR) is 137 cm³/mol. The molecule has 32 heavy (non-hydrogen) atoms. The standard InChI is InChI=1S/C23H35N7O.HI/c1-24-22(26-15-11-20-28-21(31-29-20)19-10-4-7-14-25-19)27-18-23(12-5-2-6-13-23)30-16-8-3-9-17-30;/h4,7,10,14H,2-3,5-6,8-9,11-13,15-18H2,1H3,(H2,24,26,27);1H. The van der Waals surface area contributed by atoms with Gasteiger partial charge in [-0.1, -0.05) is 36.9 Å². The fourth-order valence-corrected chi connectivity index (χ4v) is 4.89. The summed E-state index contributed by atoms with van der Waals surface area (Å²) in [6.07, 6.45) is 13.0. The van der Waals surface area contributed by atoms with E-state index in [1.807, 2.05) is 25.2 Å². The molecule has 2 aromatic rings. The number of rotatable bonds is 7. The maximum absolute atomic E-state index is 5.34. The summed E-state index contributed by atoms with van der Waals surface area (Å²) in [4.78, 5) is 15.9. The van der Waals surface area contributed by atoms with Gasteiger partial charge in [0.15, 0.2) is 11.8 Å². The third kappa shape index (κ3) is 6.40. The van der Waals surface area contributed by atoms with Crippen molar-refractivity contribution in [2.75, 3.05) is 33.2 Å². The van der Waals surface area contributed by atoms with Crippen LogP contribution < -0.4 is 10.6 Å². The van der Waals surface area contributed by atoms with Gasteiger partial charge in [-0.25, -0.2) is 0 Å². The van der Waals surface area contributed by atoms with E-state index in [1.165, 1.54) is 64.5 Å². The fraction of sp³-hybridized carbons (Fsp3) is 0.652. The van der Waals surface area contributed by atoms with Crippen molar-refractivity contribution in [3.63, 3.8) is 0 Å². The fourth-order valence-electron chi connectivity index (χ4n) is 4.89. The molecule has 9 heteroatoms. The zero-order chi connectivity index (χ0) is 21.4. The number of guanidine groups is 1. The summed E-state index contributed by atoms with van der Waals surface area (Å²) in [7, 11) is 1.83. The van der Waals surface area contributed by atoms with Crippen molar-refractivity contribution < 1.29 is 4.52 Å². The molecule has 0 bridgehead atoms. The van der Waals surface area contributed by atoms with Gasteiger partial charge in [-0.2, -0.15) is 4.98 Å². The molecular weight excluding hydrogens is 517 g/mol. The van der Waals surface area contributed by atoms with Crippen LogP contribution >= 0.6 is 24.0 Å². The van der Waals surface area contributed by atoms with Crippen molar-refractivity contribution in [3.05, 3.63) is 30.2 Å². The summed E-state index contributed by atoms with van der Waals surface area (Å²) in [6, 6.07) is 5.64. The molecule has 2 aliphatic rings. The summed E-state index contributed by atoms with van der Waals surface area (Å²) >= 11 is 0. The van der Waals surface area contributed by atoms with Crippen LogP contribution in [0.1, 0.15) is 57.2 Å². The highest BCUT2D eigenvalue weighted by atomic mass is 127. The van der Waals surface area contributed by atoms with Crippen LogP contribution in [0.4, 0.5) is 0 Å². The van der Waals surface area contributed by atoms with Crippen molar-refractivity contribution >= 4 is 29.9 Å². The van der Waals surface area contributed by atoms with E-state index in [-0.39, 0.29) is 29.5 Å². The Balaban J connectivity index is 0.00000289. The highest BCUT2D eigenvalue weighted by molar-refractivity contribution is 14.0. The summed E-state index contributed by atoms with van der Waals surface area (Å²) in [6.45, 7) is 4.13. The molecule has 1 saturated heterocycles. The van der Waals surface area contributed by atoms with Crippen molar-refractivity contribution in [1.29, 1.82) is 0 Å². The van der Waals surface area contributed by atoms with Gasteiger partial charge in [0.2, 0.25) is 0 Å². The minimum absolute atomic E-state index is 0. The van der Waals surface area contributed by atoms with Gasteiger partial charge in [0.05, 0.1) is 0 Å². The number of hydrogen-bond acceptors (Lipinski definition) is 6. The molecule has 1 aliphatic carbocycles. The number of pyridine rings is 1. The number of nitrogens with zero attached hydrogens (tertiary/aromatic N) is 5. The molecule has 0 spiro atoms. The zero-order valence-corrected chi connectivity index (χ0v) is 21.4. The molecule has 0 unspecified atom stereocenters. The van der Waals surface area contributed by atoms with E-state index in [4.69, 9.17) is 4.52 Å². The van der Waals surface area contributed by atoms with Crippen molar-refractivity contribution in [2.45, 2.75) is 63.3 Å². The molecule has 1 aliphatic heterocycles. The van der Waals surface area contributed by atoms with E-state index < -0.39 is 0 Å². The maximum atomic E-state index is 5.34. The van der Waals surface area contributed by atoms with E-state index in [9.17, 15) is 0 Å². The van der Waals surface area contributed by atoms with E-state index in [0.717, 1.165) is 12.5 Å². The minimum Gasteiger partial charge on any atom is -0.356 e. The zero-order valence-electron chi connectivity index (χ0n) is 19.1. The van der Waals surface area contributed by atoms with Crippen LogP contribution in [0, 0.1) is 0 Å². The second-order valence-electron chi connectivity index (χ2n) is 8.67. The van der Waals surface area contributed by atoms with E-state index >= 15 is 0 Å². The lowest BCUT2D eigenvalue weighted by atomic mass is 9.79. The number of aromatic nitrogens is 3. The molecule has 0 atom stereocenters. The first kappa shape index (κ1) is 24.9. The molecule has 2 fully saturated rings. The number of likely N-dealkylation sites (tertiary alicyclic amines) is 1. The highest BCUT2D eigenvalue weighted by Gasteiger charge is 2.38. The molecule has 176 valence electrons. The smallest absolute Gasteiger partial charge is 0.276 e. The third-order valence-corrected chi connectivity index (χ3v) is 6.61. The van der Waals surface area contributed by atoms with Gasteiger partial charge in [-0.15, -0.1) is 24.0 Å². The lowest BCUT2D eigenvalue weighted by Crippen LogP contribution is -2.59. The molecule has 4 rings (SSSR count). The molecule has 3 heterocycles. The lowest BCUT2D eigenvalue weighted by Gasteiger charge is -2.48. The second-order valence-corrected chi connectivity index (χ2v) is 8.67. The molecule has 0 aromatic carbocycles. The molecule has 1 saturated carbocycles. The Bertz CT molecular complexity index is 830. The van der Waals surface area contributed by atoms with Crippen LogP contribution in [0.3, 0.4) is 0 Å². The largest absolute Gasteiger partial charge is 0.356 e. The molecule has 0 radical (unpaired) electrons. The minimum atomic E-state index is 0. The van der Waals surface area contributed by atoms with E-state index in [0.29, 0.717) is 30.4 Å². The summed E-state index contributed by atoms with van der Waals surface area (Å²) in [5.74, 6) is 1.97. The first-order chi connectivity index (χ1) is 15.3. The maximum Gasteiger partial charge on any atom is 0.276 e. The average molecular weight is 553 g/mol. The molecular formula is C23H36IN7O. The first-order valence-electron chi connectivity index (χ1n) is 11.7. The summed E-state index contributed by atoms with van der Waals surface area (Å²) in [5.41, 5.74) is 0.976. The monoisotopic (exact) mass is 553 g/mol. The highest BCUT2D eigenvalue weighted by Crippen LogP contribution is 2.35. The van der Waals surface area contributed by atoms with Gasteiger partial charge in [0, 0.05) is 38.3 Å². The molecule has 8 nitrogen and oxygen atoms in total. The normalized spacial score (nSPS) is 19.2. The number of piperidine rings is 1. The molecule has 2 N–H and O–H groups in total. The van der Waals surface area contributed by atoms with Crippen LogP contribution in [0.2, 0.25) is 0 Å². The number of halogens is 1. The topological polar surface area (TPSA) is 91.5 Å². The second kappa shape index (κ2) is 12.5. The van der Waals surface area contributed by atoms with Gasteiger partial charge in [0.25, 0.3) is 5.89 Å².